The molecule has 2 saturated carbocycles. The molecule has 3 rings (SSSR count). The van der Waals surface area contributed by atoms with Gasteiger partial charge in [0.2, 0.25) is 0 Å². The Morgan fingerprint density at radius 1 is 1.40 bits per heavy atom. The highest BCUT2D eigenvalue weighted by molar-refractivity contribution is 5.69. The fourth-order valence-electron chi connectivity index (χ4n) is 3.76. The van der Waals surface area contributed by atoms with Crippen LogP contribution >= 0.6 is 0 Å². The van der Waals surface area contributed by atoms with Gasteiger partial charge in [-0.05, 0) is 53.9 Å². The van der Waals surface area contributed by atoms with E-state index in [0.717, 1.165) is 24.8 Å². The van der Waals surface area contributed by atoms with Gasteiger partial charge in [-0.15, -0.1) is 5.10 Å². The summed E-state index contributed by atoms with van der Waals surface area (Å²) in [6.45, 7) is 3.01. The van der Waals surface area contributed by atoms with E-state index in [1.807, 2.05) is 0 Å². The first kappa shape index (κ1) is 13.5. The average molecular weight is 278 g/mol. The standard InChI is InChI=1S/C14H22N4O2/c1-2-5-18-13(15-16-17-18)9-20-14(19)8-12-7-10-3-4-11(12)6-10/h10-12H,2-9H2,1H3. The fourth-order valence-corrected chi connectivity index (χ4v) is 3.76. The monoisotopic (exact) mass is 278 g/mol. The van der Waals surface area contributed by atoms with Crippen molar-refractivity contribution in [2.24, 2.45) is 17.8 Å². The second-order valence-corrected chi connectivity index (χ2v) is 6.12. The van der Waals surface area contributed by atoms with Gasteiger partial charge in [-0.3, -0.25) is 4.79 Å². The number of aromatic nitrogens is 4. The van der Waals surface area contributed by atoms with Crippen LogP contribution in [0.5, 0.6) is 0 Å². The number of aryl methyl sites for hydroxylation is 1. The lowest BCUT2D eigenvalue weighted by atomic mass is 9.86. The second-order valence-electron chi connectivity index (χ2n) is 6.12. The lowest BCUT2D eigenvalue weighted by Crippen LogP contribution is -2.18. The van der Waals surface area contributed by atoms with E-state index in [1.54, 1.807) is 4.68 Å². The molecule has 0 radical (unpaired) electrons. The molecule has 2 bridgehead atoms. The van der Waals surface area contributed by atoms with Crippen LogP contribution in [-0.2, 0) is 22.7 Å². The van der Waals surface area contributed by atoms with E-state index >= 15 is 0 Å². The van der Waals surface area contributed by atoms with Crippen molar-refractivity contribution >= 4 is 5.97 Å². The minimum atomic E-state index is -0.103. The topological polar surface area (TPSA) is 69.9 Å². The van der Waals surface area contributed by atoms with E-state index in [-0.39, 0.29) is 12.6 Å². The third-order valence-corrected chi connectivity index (χ3v) is 4.72. The van der Waals surface area contributed by atoms with E-state index in [1.165, 1.54) is 25.7 Å². The molecule has 0 saturated heterocycles. The molecule has 3 atom stereocenters. The van der Waals surface area contributed by atoms with Crippen molar-refractivity contribution < 1.29 is 9.53 Å². The minimum Gasteiger partial charge on any atom is -0.457 e. The minimum absolute atomic E-state index is 0.103. The van der Waals surface area contributed by atoms with Crippen molar-refractivity contribution in [3.05, 3.63) is 5.82 Å². The summed E-state index contributed by atoms with van der Waals surface area (Å²) in [5.74, 6) is 2.71. The highest BCUT2D eigenvalue weighted by Gasteiger charge is 2.40. The van der Waals surface area contributed by atoms with Crippen molar-refractivity contribution in [2.75, 3.05) is 0 Å². The summed E-state index contributed by atoms with van der Waals surface area (Å²) < 4.78 is 7.04. The number of ether oxygens (including phenoxy) is 1. The van der Waals surface area contributed by atoms with Crippen LogP contribution in [0.25, 0.3) is 0 Å². The summed E-state index contributed by atoms with van der Waals surface area (Å²) in [6, 6.07) is 0. The highest BCUT2D eigenvalue weighted by Crippen LogP contribution is 2.49. The first-order valence-corrected chi connectivity index (χ1v) is 7.67. The number of carbonyl (C=O) groups excluding carboxylic acids is 1. The number of tetrazole rings is 1. The Bertz CT molecular complexity index is 473. The van der Waals surface area contributed by atoms with Gasteiger partial charge >= 0.3 is 5.97 Å². The number of carbonyl (C=O) groups is 1. The van der Waals surface area contributed by atoms with Crippen LogP contribution in [0.3, 0.4) is 0 Å². The van der Waals surface area contributed by atoms with Crippen LogP contribution < -0.4 is 0 Å². The van der Waals surface area contributed by atoms with Gasteiger partial charge < -0.3 is 4.74 Å². The zero-order valence-corrected chi connectivity index (χ0v) is 12.0. The Kier molecular flexibility index (Phi) is 3.98. The quantitative estimate of drug-likeness (QED) is 0.744. The van der Waals surface area contributed by atoms with Crippen molar-refractivity contribution in [3.8, 4) is 0 Å². The SMILES string of the molecule is CCCn1nnnc1COC(=O)CC1CC2CCC1C2. The Morgan fingerprint density at radius 2 is 2.30 bits per heavy atom. The maximum absolute atomic E-state index is 11.9. The van der Waals surface area contributed by atoms with Gasteiger partial charge in [0, 0.05) is 13.0 Å². The second kappa shape index (κ2) is 5.89. The number of esters is 1. The first-order chi connectivity index (χ1) is 9.76. The van der Waals surface area contributed by atoms with E-state index in [4.69, 9.17) is 4.74 Å². The van der Waals surface area contributed by atoms with Gasteiger partial charge in [-0.1, -0.05) is 13.3 Å². The number of fused-ring (bicyclic) bond motifs is 2. The molecule has 3 unspecified atom stereocenters. The van der Waals surface area contributed by atoms with E-state index < -0.39 is 0 Å². The summed E-state index contributed by atoms with van der Waals surface area (Å²) in [4.78, 5) is 11.9. The van der Waals surface area contributed by atoms with Gasteiger partial charge in [-0.25, -0.2) is 4.68 Å². The number of rotatable bonds is 6. The lowest BCUT2D eigenvalue weighted by molar-refractivity contribution is -0.146. The molecule has 0 aliphatic heterocycles. The van der Waals surface area contributed by atoms with Crippen LogP contribution in [0.2, 0.25) is 0 Å². The largest absolute Gasteiger partial charge is 0.457 e. The number of nitrogens with zero attached hydrogens (tertiary/aromatic N) is 4. The van der Waals surface area contributed by atoms with Crippen LogP contribution in [0, 0.1) is 17.8 Å². The van der Waals surface area contributed by atoms with Gasteiger partial charge in [0.15, 0.2) is 12.4 Å². The molecule has 2 fully saturated rings. The highest BCUT2D eigenvalue weighted by atomic mass is 16.5. The third kappa shape index (κ3) is 2.83. The Labute approximate surface area is 118 Å². The molecular weight excluding hydrogens is 256 g/mol. The molecular formula is C14H22N4O2. The molecule has 110 valence electrons. The van der Waals surface area contributed by atoms with Gasteiger partial charge in [-0.2, -0.15) is 0 Å². The Morgan fingerprint density at radius 3 is 3.00 bits per heavy atom. The van der Waals surface area contributed by atoms with Crippen molar-refractivity contribution in [3.63, 3.8) is 0 Å². The summed E-state index contributed by atoms with van der Waals surface area (Å²) in [5, 5.41) is 11.4. The molecule has 2 aliphatic rings. The van der Waals surface area contributed by atoms with Crippen molar-refractivity contribution in [2.45, 2.75) is 58.6 Å². The smallest absolute Gasteiger partial charge is 0.306 e. The third-order valence-electron chi connectivity index (χ3n) is 4.72. The molecule has 6 heteroatoms. The van der Waals surface area contributed by atoms with Crippen LogP contribution in [0.15, 0.2) is 0 Å². The fraction of sp³-hybridized carbons (Fsp3) is 0.857. The predicted molar refractivity (Wildman–Crippen MR) is 71.5 cm³/mol. The molecule has 0 spiro atoms. The average Bonchev–Trinajstić information content (AvgIpc) is 3.13. The van der Waals surface area contributed by atoms with Crippen LogP contribution in [0.4, 0.5) is 0 Å². The summed E-state index contributed by atoms with van der Waals surface area (Å²) >= 11 is 0. The van der Waals surface area contributed by atoms with E-state index in [2.05, 4.69) is 22.4 Å². The summed E-state index contributed by atoms with van der Waals surface area (Å²) in [5.41, 5.74) is 0. The zero-order valence-electron chi connectivity index (χ0n) is 12.0. The van der Waals surface area contributed by atoms with Crippen molar-refractivity contribution in [1.29, 1.82) is 0 Å². The van der Waals surface area contributed by atoms with Gasteiger partial charge in [0.05, 0.1) is 0 Å². The van der Waals surface area contributed by atoms with Crippen LogP contribution in [0.1, 0.15) is 51.3 Å². The maximum Gasteiger partial charge on any atom is 0.306 e. The first-order valence-electron chi connectivity index (χ1n) is 7.67. The maximum atomic E-state index is 11.9. The van der Waals surface area contributed by atoms with Crippen molar-refractivity contribution in [1.82, 2.24) is 20.2 Å². The van der Waals surface area contributed by atoms with Gasteiger partial charge in [0.25, 0.3) is 0 Å². The molecule has 1 aromatic heterocycles. The Hall–Kier alpha value is -1.46. The molecule has 6 nitrogen and oxygen atoms in total. The molecule has 0 amide bonds. The van der Waals surface area contributed by atoms with E-state index in [0.29, 0.717) is 18.2 Å². The number of hydrogen-bond acceptors (Lipinski definition) is 5. The summed E-state index contributed by atoms with van der Waals surface area (Å²) in [6.07, 6.45) is 6.73. The van der Waals surface area contributed by atoms with E-state index in [9.17, 15) is 4.79 Å². The zero-order chi connectivity index (χ0) is 13.9. The normalized spacial score (nSPS) is 27.9. The summed E-state index contributed by atoms with van der Waals surface area (Å²) in [7, 11) is 0. The van der Waals surface area contributed by atoms with Crippen LogP contribution in [-0.4, -0.2) is 26.2 Å². The molecule has 20 heavy (non-hydrogen) atoms. The Balaban J connectivity index is 1.46. The number of hydrogen-bond donors (Lipinski definition) is 0. The molecule has 1 aromatic rings. The predicted octanol–water partition coefficient (Wildman–Crippen LogP) is 1.95. The lowest BCUT2D eigenvalue weighted by Gasteiger charge is -2.20. The molecule has 0 aromatic carbocycles. The van der Waals surface area contributed by atoms with Gasteiger partial charge in [0.1, 0.15) is 0 Å². The molecule has 0 N–H and O–H groups in total. The molecule has 2 aliphatic carbocycles. The molecule has 1 heterocycles.